The first kappa shape index (κ1) is 13.1. The highest BCUT2D eigenvalue weighted by Gasteiger charge is 1.99. The van der Waals surface area contributed by atoms with Crippen LogP contribution in [0.5, 0.6) is 5.75 Å². The summed E-state index contributed by atoms with van der Waals surface area (Å²) < 4.78 is 7.95. The summed E-state index contributed by atoms with van der Waals surface area (Å²) in [6.45, 7) is 0.823. The summed E-state index contributed by atoms with van der Waals surface area (Å²) in [5.74, 6) is 0.758. The largest absolute Gasteiger partial charge is 0.492 e. The van der Waals surface area contributed by atoms with Gasteiger partial charge in [0.1, 0.15) is 17.5 Å². The van der Waals surface area contributed by atoms with Crippen LogP contribution in [-0.2, 0) is 6.54 Å². The molecular weight excluding hydrogens is 320 g/mol. The maximum Gasteiger partial charge on any atom is 0.254 e. The quantitative estimate of drug-likeness (QED) is 0.810. The van der Waals surface area contributed by atoms with Gasteiger partial charge in [0.2, 0.25) is 0 Å². The summed E-state index contributed by atoms with van der Waals surface area (Å²) in [5.41, 5.74) is -0.186. The first-order chi connectivity index (χ1) is 8.65. The number of rotatable bonds is 4. The second-order valence-corrected chi connectivity index (χ2v) is 4.85. The number of benzene rings is 1. The molecule has 1 heterocycles. The summed E-state index contributed by atoms with van der Waals surface area (Å²) >= 11 is 8.95. The first-order valence-corrected chi connectivity index (χ1v) is 6.42. The Morgan fingerprint density at radius 3 is 2.72 bits per heavy atom. The molecule has 1 aromatic carbocycles. The maximum absolute atomic E-state index is 11.5. The van der Waals surface area contributed by atoms with E-state index in [9.17, 15) is 4.79 Å². The molecule has 2 aromatic rings. The molecule has 0 radical (unpaired) electrons. The van der Waals surface area contributed by atoms with Crippen LogP contribution < -0.4 is 10.3 Å². The predicted octanol–water partition coefficient (Wildman–Crippen LogP) is 2.74. The number of aromatic nitrogens is 2. The van der Waals surface area contributed by atoms with E-state index in [1.54, 1.807) is 0 Å². The van der Waals surface area contributed by atoms with Crippen LogP contribution in [0.15, 0.2) is 45.9 Å². The third-order valence-electron chi connectivity index (χ3n) is 2.26. The zero-order valence-electron chi connectivity index (χ0n) is 9.35. The van der Waals surface area contributed by atoms with Crippen LogP contribution in [0.4, 0.5) is 0 Å². The van der Waals surface area contributed by atoms with Crippen molar-refractivity contribution in [2.45, 2.75) is 6.54 Å². The third-order valence-corrected chi connectivity index (χ3v) is 3.00. The zero-order valence-corrected chi connectivity index (χ0v) is 11.7. The Morgan fingerprint density at radius 2 is 2.06 bits per heavy atom. The van der Waals surface area contributed by atoms with E-state index in [2.05, 4.69) is 20.9 Å². The lowest BCUT2D eigenvalue weighted by molar-refractivity contribution is 0.295. The van der Waals surface area contributed by atoms with Gasteiger partial charge in [0.15, 0.2) is 0 Å². The Morgan fingerprint density at radius 1 is 1.33 bits per heavy atom. The normalized spacial score (nSPS) is 10.3. The number of halogens is 2. The van der Waals surface area contributed by atoms with Crippen molar-refractivity contribution in [2.24, 2.45) is 0 Å². The molecule has 94 valence electrons. The van der Waals surface area contributed by atoms with E-state index in [0.717, 1.165) is 10.2 Å². The molecule has 0 aliphatic carbocycles. The van der Waals surface area contributed by atoms with E-state index in [-0.39, 0.29) is 10.7 Å². The molecule has 1 aromatic heterocycles. The van der Waals surface area contributed by atoms with Gasteiger partial charge in [-0.2, -0.15) is 0 Å². The molecule has 0 saturated carbocycles. The standard InChI is InChI=1S/C12H10BrClN2O2/c13-9-1-3-10(4-2-9)18-6-5-16-8-15-11(14)7-12(16)17/h1-4,7-8H,5-6H2. The number of hydrogen-bond donors (Lipinski definition) is 0. The molecule has 0 spiro atoms. The summed E-state index contributed by atoms with van der Waals surface area (Å²) in [5, 5.41) is 0.199. The van der Waals surface area contributed by atoms with E-state index in [1.807, 2.05) is 24.3 Å². The van der Waals surface area contributed by atoms with Crippen molar-refractivity contribution >= 4 is 27.5 Å². The van der Waals surface area contributed by atoms with Crippen LogP contribution in [0.25, 0.3) is 0 Å². The van der Waals surface area contributed by atoms with Crippen molar-refractivity contribution in [1.29, 1.82) is 0 Å². The Hall–Kier alpha value is -1.33. The minimum absolute atomic E-state index is 0.186. The van der Waals surface area contributed by atoms with Gasteiger partial charge in [-0.25, -0.2) is 4.98 Å². The zero-order chi connectivity index (χ0) is 13.0. The highest BCUT2D eigenvalue weighted by Crippen LogP contribution is 2.15. The van der Waals surface area contributed by atoms with Gasteiger partial charge in [0.25, 0.3) is 5.56 Å². The monoisotopic (exact) mass is 328 g/mol. The molecule has 6 heteroatoms. The van der Waals surface area contributed by atoms with Gasteiger partial charge in [-0.1, -0.05) is 27.5 Å². The van der Waals surface area contributed by atoms with Crippen LogP contribution in [0.1, 0.15) is 0 Å². The minimum Gasteiger partial charge on any atom is -0.492 e. The predicted molar refractivity (Wildman–Crippen MR) is 73.1 cm³/mol. The van der Waals surface area contributed by atoms with E-state index >= 15 is 0 Å². The Kier molecular flexibility index (Phi) is 4.38. The molecule has 4 nitrogen and oxygen atoms in total. The Labute approximate surface area is 117 Å². The van der Waals surface area contributed by atoms with Gasteiger partial charge < -0.3 is 4.74 Å². The van der Waals surface area contributed by atoms with Gasteiger partial charge >= 0.3 is 0 Å². The smallest absolute Gasteiger partial charge is 0.254 e. The summed E-state index contributed by atoms with van der Waals surface area (Å²) in [6.07, 6.45) is 1.41. The summed E-state index contributed by atoms with van der Waals surface area (Å²) in [4.78, 5) is 15.3. The van der Waals surface area contributed by atoms with Gasteiger partial charge in [-0.05, 0) is 24.3 Å². The molecule has 0 atom stereocenters. The van der Waals surface area contributed by atoms with Gasteiger partial charge in [-0.15, -0.1) is 0 Å². The summed E-state index contributed by atoms with van der Waals surface area (Å²) in [7, 11) is 0. The van der Waals surface area contributed by atoms with Crippen molar-refractivity contribution in [1.82, 2.24) is 9.55 Å². The van der Waals surface area contributed by atoms with E-state index < -0.39 is 0 Å². The van der Waals surface area contributed by atoms with Gasteiger partial charge in [0.05, 0.1) is 12.9 Å². The molecule has 0 amide bonds. The second kappa shape index (κ2) is 6.02. The minimum atomic E-state index is -0.186. The van der Waals surface area contributed by atoms with Gasteiger partial charge in [-0.3, -0.25) is 9.36 Å². The van der Waals surface area contributed by atoms with E-state index in [0.29, 0.717) is 13.2 Å². The number of hydrogen-bond acceptors (Lipinski definition) is 3. The lowest BCUT2D eigenvalue weighted by atomic mass is 10.3. The fraction of sp³-hybridized carbons (Fsp3) is 0.167. The Balaban J connectivity index is 1.92. The van der Waals surface area contributed by atoms with E-state index in [4.69, 9.17) is 16.3 Å². The molecule has 0 saturated heterocycles. The molecule has 0 N–H and O–H groups in total. The number of nitrogens with zero attached hydrogens (tertiary/aromatic N) is 2. The molecule has 0 fully saturated rings. The van der Waals surface area contributed by atoms with Crippen molar-refractivity contribution in [2.75, 3.05) is 6.61 Å². The van der Waals surface area contributed by atoms with Crippen LogP contribution >= 0.6 is 27.5 Å². The highest BCUT2D eigenvalue weighted by molar-refractivity contribution is 9.10. The average molecular weight is 330 g/mol. The molecule has 0 bridgehead atoms. The first-order valence-electron chi connectivity index (χ1n) is 5.25. The Bertz CT molecular complexity index is 583. The fourth-order valence-electron chi connectivity index (χ4n) is 1.36. The van der Waals surface area contributed by atoms with Crippen LogP contribution in [-0.4, -0.2) is 16.2 Å². The average Bonchev–Trinajstić information content (AvgIpc) is 2.34. The van der Waals surface area contributed by atoms with E-state index in [1.165, 1.54) is 17.0 Å². The van der Waals surface area contributed by atoms with Crippen LogP contribution in [0.2, 0.25) is 5.15 Å². The molecule has 2 rings (SSSR count). The fourth-order valence-corrected chi connectivity index (χ4v) is 1.77. The molecular formula is C12H10BrClN2O2. The summed E-state index contributed by atoms with van der Waals surface area (Å²) in [6, 6.07) is 8.78. The van der Waals surface area contributed by atoms with Crippen molar-refractivity contribution in [3.63, 3.8) is 0 Å². The van der Waals surface area contributed by atoms with Crippen LogP contribution in [0, 0.1) is 0 Å². The highest BCUT2D eigenvalue weighted by atomic mass is 79.9. The number of ether oxygens (including phenoxy) is 1. The van der Waals surface area contributed by atoms with Crippen molar-refractivity contribution < 1.29 is 4.74 Å². The molecule has 0 aliphatic rings. The second-order valence-electron chi connectivity index (χ2n) is 3.55. The SMILES string of the molecule is O=c1cc(Cl)ncn1CCOc1ccc(Br)cc1. The van der Waals surface area contributed by atoms with Crippen LogP contribution in [0.3, 0.4) is 0 Å². The van der Waals surface area contributed by atoms with Crippen molar-refractivity contribution in [3.8, 4) is 5.75 Å². The third kappa shape index (κ3) is 3.58. The molecule has 0 aliphatic heterocycles. The lowest BCUT2D eigenvalue weighted by Crippen LogP contribution is -2.22. The topological polar surface area (TPSA) is 44.1 Å². The maximum atomic E-state index is 11.5. The van der Waals surface area contributed by atoms with Gasteiger partial charge in [0, 0.05) is 10.5 Å². The van der Waals surface area contributed by atoms with Crippen molar-refractivity contribution in [3.05, 3.63) is 56.6 Å². The lowest BCUT2D eigenvalue weighted by Gasteiger charge is -2.07. The molecule has 18 heavy (non-hydrogen) atoms. The molecule has 0 unspecified atom stereocenters.